The van der Waals surface area contributed by atoms with Crippen molar-refractivity contribution >= 4 is 0 Å². The van der Waals surface area contributed by atoms with Gasteiger partial charge < -0.3 is 15.6 Å². The Morgan fingerprint density at radius 1 is 0.786 bits per heavy atom. The summed E-state index contributed by atoms with van der Waals surface area (Å²) in [4.78, 5) is 0. The zero-order valence-corrected chi connectivity index (χ0v) is 18.3. The molecule has 0 aliphatic heterocycles. The van der Waals surface area contributed by atoms with E-state index in [4.69, 9.17) is 10.5 Å². The minimum absolute atomic E-state index is 0.122. The predicted octanol–water partition coefficient (Wildman–Crippen LogP) is 6.37. The van der Waals surface area contributed by atoms with Crippen LogP contribution in [0.1, 0.15) is 102 Å². The second kappa shape index (κ2) is 18.1. The number of benzene rings is 1. The maximum Gasteiger partial charge on any atom is 0.0716 e. The Labute approximate surface area is 174 Å². The molecule has 0 unspecified atom stereocenters. The molecule has 0 saturated heterocycles. The van der Waals surface area contributed by atoms with Crippen LogP contribution < -0.4 is 5.73 Å². The minimum Gasteiger partial charge on any atom is -0.391 e. The topological polar surface area (TPSA) is 55.5 Å². The first kappa shape index (κ1) is 25.1. The van der Waals surface area contributed by atoms with Gasteiger partial charge in [-0.05, 0) is 18.4 Å². The number of aliphatic hydroxyl groups excluding tert-OH is 1. The normalized spacial score (nSPS) is 13.5. The largest absolute Gasteiger partial charge is 0.391 e. The summed E-state index contributed by atoms with van der Waals surface area (Å²) >= 11 is 0. The highest BCUT2D eigenvalue weighted by Crippen LogP contribution is 2.14. The molecule has 28 heavy (non-hydrogen) atoms. The van der Waals surface area contributed by atoms with Gasteiger partial charge in [0.1, 0.15) is 0 Å². The van der Waals surface area contributed by atoms with Crippen molar-refractivity contribution in [1.82, 2.24) is 0 Å². The van der Waals surface area contributed by atoms with Gasteiger partial charge >= 0.3 is 0 Å². The fourth-order valence-electron chi connectivity index (χ4n) is 3.60. The molecule has 0 heterocycles. The first-order chi connectivity index (χ1) is 13.7. The number of nitrogens with two attached hydrogens (primary N) is 1. The van der Waals surface area contributed by atoms with Crippen molar-refractivity contribution in [1.29, 1.82) is 0 Å². The summed E-state index contributed by atoms with van der Waals surface area (Å²) in [5, 5.41) is 10.2. The average Bonchev–Trinajstić information content (AvgIpc) is 2.72. The van der Waals surface area contributed by atoms with Gasteiger partial charge in [0.2, 0.25) is 0 Å². The van der Waals surface area contributed by atoms with Gasteiger partial charge in [0.15, 0.2) is 0 Å². The number of hydrogen-bond acceptors (Lipinski definition) is 3. The summed E-state index contributed by atoms with van der Waals surface area (Å²) in [6.45, 7) is 3.43. The first-order valence-corrected chi connectivity index (χ1v) is 11.8. The molecule has 0 aliphatic rings. The van der Waals surface area contributed by atoms with Gasteiger partial charge in [0.25, 0.3) is 0 Å². The van der Waals surface area contributed by atoms with Crippen molar-refractivity contribution < 1.29 is 9.84 Å². The zero-order chi connectivity index (χ0) is 20.3. The lowest BCUT2D eigenvalue weighted by molar-refractivity contribution is 0.0606. The highest BCUT2D eigenvalue weighted by Gasteiger charge is 2.14. The lowest BCUT2D eigenvalue weighted by Gasteiger charge is -2.18. The van der Waals surface area contributed by atoms with Crippen LogP contribution in [0.25, 0.3) is 0 Å². The van der Waals surface area contributed by atoms with Gasteiger partial charge in [0.05, 0.1) is 12.7 Å². The molecule has 0 aromatic heterocycles. The molecule has 0 radical (unpaired) electrons. The molecule has 3 nitrogen and oxygen atoms in total. The lowest BCUT2D eigenvalue weighted by atomic mass is 10.0. The molecule has 3 N–H and O–H groups in total. The molecule has 0 saturated carbocycles. The van der Waals surface area contributed by atoms with Crippen LogP contribution in [0.3, 0.4) is 0 Å². The molecule has 1 aromatic carbocycles. The van der Waals surface area contributed by atoms with E-state index in [-0.39, 0.29) is 6.04 Å². The Morgan fingerprint density at radius 2 is 1.32 bits per heavy atom. The maximum atomic E-state index is 10.2. The molecular formula is C25H45NO2. The van der Waals surface area contributed by atoms with Gasteiger partial charge in [-0.3, -0.25) is 0 Å². The molecule has 0 amide bonds. The van der Waals surface area contributed by atoms with Gasteiger partial charge in [-0.15, -0.1) is 0 Å². The van der Waals surface area contributed by atoms with E-state index in [1.54, 1.807) is 0 Å². The SMILES string of the molecule is CCCCCCCCCCCCCC[C@@H](N)[C@@H](O)CCOCc1ccccc1. The summed E-state index contributed by atoms with van der Waals surface area (Å²) < 4.78 is 5.64. The zero-order valence-electron chi connectivity index (χ0n) is 18.3. The number of aliphatic hydroxyl groups is 1. The third-order valence-electron chi connectivity index (χ3n) is 5.55. The van der Waals surface area contributed by atoms with Crippen molar-refractivity contribution in [2.24, 2.45) is 5.73 Å². The summed E-state index contributed by atoms with van der Waals surface area (Å²) in [7, 11) is 0. The molecule has 0 bridgehead atoms. The van der Waals surface area contributed by atoms with Crippen LogP contribution in [0.5, 0.6) is 0 Å². The predicted molar refractivity (Wildman–Crippen MR) is 120 cm³/mol. The Bertz CT molecular complexity index is 437. The second-order valence-electron chi connectivity index (χ2n) is 8.24. The van der Waals surface area contributed by atoms with Crippen LogP contribution in [-0.2, 0) is 11.3 Å². The molecule has 0 aliphatic carbocycles. The van der Waals surface area contributed by atoms with Gasteiger partial charge in [-0.1, -0.05) is 114 Å². The average molecular weight is 392 g/mol. The first-order valence-electron chi connectivity index (χ1n) is 11.8. The van der Waals surface area contributed by atoms with E-state index in [1.165, 1.54) is 70.6 Å². The van der Waals surface area contributed by atoms with E-state index in [1.807, 2.05) is 18.2 Å². The highest BCUT2D eigenvalue weighted by molar-refractivity contribution is 5.13. The summed E-state index contributed by atoms with van der Waals surface area (Å²) in [6, 6.07) is 10.0. The number of ether oxygens (including phenoxy) is 1. The van der Waals surface area contributed by atoms with Crippen molar-refractivity contribution in [2.45, 2.75) is 116 Å². The van der Waals surface area contributed by atoms with Gasteiger partial charge in [-0.25, -0.2) is 0 Å². The molecule has 2 atom stereocenters. The lowest BCUT2D eigenvalue weighted by Crippen LogP contribution is -2.35. The monoisotopic (exact) mass is 391 g/mol. The van der Waals surface area contributed by atoms with Crippen LogP contribution in [0.15, 0.2) is 30.3 Å². The van der Waals surface area contributed by atoms with Crippen LogP contribution in [0.4, 0.5) is 0 Å². The fourth-order valence-corrected chi connectivity index (χ4v) is 3.60. The highest BCUT2D eigenvalue weighted by atomic mass is 16.5. The van der Waals surface area contributed by atoms with Crippen molar-refractivity contribution in [2.75, 3.05) is 6.61 Å². The second-order valence-corrected chi connectivity index (χ2v) is 8.24. The molecule has 0 fully saturated rings. The molecule has 1 aromatic rings. The molecule has 0 spiro atoms. The molecule has 3 heteroatoms. The Balaban J connectivity index is 1.86. The third kappa shape index (κ3) is 14.1. The van der Waals surface area contributed by atoms with E-state index >= 15 is 0 Å². The van der Waals surface area contributed by atoms with Crippen LogP contribution in [-0.4, -0.2) is 23.9 Å². The smallest absolute Gasteiger partial charge is 0.0716 e. The Hall–Kier alpha value is -0.900. The summed E-state index contributed by atoms with van der Waals surface area (Å²) in [5.41, 5.74) is 7.30. The minimum atomic E-state index is -0.455. The van der Waals surface area contributed by atoms with Gasteiger partial charge in [-0.2, -0.15) is 0 Å². The summed E-state index contributed by atoms with van der Waals surface area (Å²) in [5.74, 6) is 0. The van der Waals surface area contributed by atoms with Crippen LogP contribution in [0, 0.1) is 0 Å². The quantitative estimate of drug-likeness (QED) is 0.269. The van der Waals surface area contributed by atoms with Crippen LogP contribution >= 0.6 is 0 Å². The summed E-state index contributed by atoms with van der Waals surface area (Å²) in [6.07, 6.45) is 17.3. The molecule has 162 valence electrons. The molecule has 1 rings (SSSR count). The number of hydrogen-bond donors (Lipinski definition) is 2. The maximum absolute atomic E-state index is 10.2. The van der Waals surface area contributed by atoms with E-state index in [0.717, 1.165) is 18.4 Å². The van der Waals surface area contributed by atoms with E-state index < -0.39 is 6.10 Å². The third-order valence-corrected chi connectivity index (χ3v) is 5.55. The number of unbranched alkanes of at least 4 members (excludes halogenated alkanes) is 11. The van der Waals surface area contributed by atoms with Gasteiger partial charge in [0, 0.05) is 12.6 Å². The van der Waals surface area contributed by atoms with E-state index in [0.29, 0.717) is 19.6 Å². The van der Waals surface area contributed by atoms with E-state index in [2.05, 4.69) is 19.1 Å². The Kier molecular flexibility index (Phi) is 16.3. The standard InChI is InChI=1S/C25H45NO2/c1-2-3-4-5-6-7-8-9-10-11-12-16-19-24(26)25(27)20-21-28-22-23-17-14-13-15-18-23/h13-15,17-18,24-25,27H,2-12,16,19-22,26H2,1H3/t24-,25+/m1/s1. The van der Waals surface area contributed by atoms with Crippen LogP contribution in [0.2, 0.25) is 0 Å². The molecular weight excluding hydrogens is 346 g/mol. The van der Waals surface area contributed by atoms with Crippen molar-refractivity contribution in [3.8, 4) is 0 Å². The van der Waals surface area contributed by atoms with E-state index in [9.17, 15) is 5.11 Å². The van der Waals surface area contributed by atoms with Crippen molar-refractivity contribution in [3.05, 3.63) is 35.9 Å². The van der Waals surface area contributed by atoms with Crippen molar-refractivity contribution in [3.63, 3.8) is 0 Å². The number of rotatable bonds is 19. The fraction of sp³-hybridized carbons (Fsp3) is 0.760. The Morgan fingerprint density at radius 3 is 1.89 bits per heavy atom.